The quantitative estimate of drug-likeness (QED) is 0.905. The first-order valence-corrected chi connectivity index (χ1v) is 5.32. The van der Waals surface area contributed by atoms with E-state index in [1.165, 1.54) is 36.4 Å². The Morgan fingerprint density at radius 3 is 2.56 bits per heavy atom. The van der Waals surface area contributed by atoms with Crippen LogP contribution in [0, 0.1) is 11.6 Å². The third kappa shape index (κ3) is 2.71. The van der Waals surface area contributed by atoms with Gasteiger partial charge in [-0.25, -0.2) is 8.78 Å². The maximum atomic E-state index is 13.7. The second-order valence-electron chi connectivity index (χ2n) is 3.90. The molecule has 2 rings (SSSR count). The first-order chi connectivity index (χ1) is 8.56. The highest BCUT2D eigenvalue weighted by Gasteiger charge is 2.09. The molecule has 0 bridgehead atoms. The van der Waals surface area contributed by atoms with Gasteiger partial charge in [0.05, 0.1) is 6.42 Å². The van der Waals surface area contributed by atoms with E-state index in [9.17, 15) is 13.6 Å². The zero-order valence-electron chi connectivity index (χ0n) is 9.36. The van der Waals surface area contributed by atoms with Crippen LogP contribution in [0.25, 0.3) is 11.1 Å². The van der Waals surface area contributed by atoms with Crippen LogP contribution in [-0.4, -0.2) is 11.1 Å². The second-order valence-corrected chi connectivity index (χ2v) is 3.90. The van der Waals surface area contributed by atoms with Crippen molar-refractivity contribution >= 4 is 5.97 Å². The summed E-state index contributed by atoms with van der Waals surface area (Å²) in [4.78, 5) is 10.6. The van der Waals surface area contributed by atoms with E-state index in [0.29, 0.717) is 11.1 Å². The van der Waals surface area contributed by atoms with E-state index in [1.807, 2.05) is 0 Å². The molecule has 0 aromatic heterocycles. The minimum absolute atomic E-state index is 0.192. The van der Waals surface area contributed by atoms with E-state index in [-0.39, 0.29) is 12.0 Å². The Labute approximate surface area is 103 Å². The van der Waals surface area contributed by atoms with Crippen molar-refractivity contribution in [1.82, 2.24) is 0 Å². The smallest absolute Gasteiger partial charge is 0.307 e. The predicted octanol–water partition coefficient (Wildman–Crippen LogP) is 3.26. The summed E-state index contributed by atoms with van der Waals surface area (Å²) in [6.07, 6.45) is -0.192. The van der Waals surface area contributed by atoms with Crippen LogP contribution in [-0.2, 0) is 11.2 Å². The van der Waals surface area contributed by atoms with Crippen LogP contribution in [0.15, 0.2) is 42.5 Å². The molecule has 4 heteroatoms. The van der Waals surface area contributed by atoms with Crippen LogP contribution in [0.3, 0.4) is 0 Å². The van der Waals surface area contributed by atoms with Crippen LogP contribution in [0.5, 0.6) is 0 Å². The first kappa shape index (κ1) is 12.2. The molecule has 1 N–H and O–H groups in total. The van der Waals surface area contributed by atoms with Crippen molar-refractivity contribution in [1.29, 1.82) is 0 Å². The van der Waals surface area contributed by atoms with E-state index < -0.39 is 17.6 Å². The van der Waals surface area contributed by atoms with Gasteiger partial charge >= 0.3 is 5.97 Å². The van der Waals surface area contributed by atoms with Crippen molar-refractivity contribution in [3.8, 4) is 11.1 Å². The van der Waals surface area contributed by atoms with Gasteiger partial charge in [-0.05, 0) is 35.4 Å². The molecule has 0 saturated carbocycles. The highest BCUT2D eigenvalue weighted by molar-refractivity contribution is 5.72. The number of carboxylic acid groups (broad SMARTS) is 1. The fourth-order valence-electron chi connectivity index (χ4n) is 1.73. The van der Waals surface area contributed by atoms with Crippen LogP contribution in [0.2, 0.25) is 0 Å². The number of hydrogen-bond donors (Lipinski definition) is 1. The van der Waals surface area contributed by atoms with Crippen LogP contribution in [0.1, 0.15) is 5.56 Å². The highest BCUT2D eigenvalue weighted by Crippen LogP contribution is 2.24. The maximum absolute atomic E-state index is 13.7. The molecule has 0 saturated heterocycles. The number of carbonyl (C=O) groups is 1. The van der Waals surface area contributed by atoms with Gasteiger partial charge in [0.15, 0.2) is 0 Å². The topological polar surface area (TPSA) is 37.3 Å². The minimum atomic E-state index is -0.994. The summed E-state index contributed by atoms with van der Waals surface area (Å²) >= 11 is 0. The Morgan fingerprint density at radius 1 is 1.11 bits per heavy atom. The third-order valence-corrected chi connectivity index (χ3v) is 2.52. The number of rotatable bonds is 3. The van der Waals surface area contributed by atoms with Crippen LogP contribution < -0.4 is 0 Å². The summed E-state index contributed by atoms with van der Waals surface area (Å²) in [6, 6.07) is 9.56. The molecule has 0 radical (unpaired) electrons. The zero-order valence-corrected chi connectivity index (χ0v) is 9.36. The van der Waals surface area contributed by atoms with Gasteiger partial charge in [-0.1, -0.05) is 18.2 Å². The Balaban J connectivity index is 2.46. The normalized spacial score (nSPS) is 10.3. The SMILES string of the molecule is O=C(O)Cc1ccc(F)c(-c2cccc(F)c2)c1. The molecule has 2 nitrogen and oxygen atoms in total. The predicted molar refractivity (Wildman–Crippen MR) is 63.1 cm³/mol. The summed E-state index contributed by atoms with van der Waals surface area (Å²) in [5.41, 5.74) is 1.07. The molecule has 0 unspecified atom stereocenters. The lowest BCUT2D eigenvalue weighted by atomic mass is 10.0. The van der Waals surface area contributed by atoms with Crippen molar-refractivity contribution in [3.05, 3.63) is 59.7 Å². The Kier molecular flexibility index (Phi) is 3.37. The third-order valence-electron chi connectivity index (χ3n) is 2.52. The summed E-state index contributed by atoms with van der Waals surface area (Å²) in [5, 5.41) is 8.69. The molecule has 0 aliphatic carbocycles. The van der Waals surface area contributed by atoms with Gasteiger partial charge in [0.2, 0.25) is 0 Å². The molecule has 2 aromatic rings. The van der Waals surface area contributed by atoms with E-state index in [1.54, 1.807) is 6.07 Å². The van der Waals surface area contributed by atoms with E-state index in [4.69, 9.17) is 5.11 Å². The molecule has 92 valence electrons. The van der Waals surface area contributed by atoms with Gasteiger partial charge in [0, 0.05) is 5.56 Å². The molecule has 0 atom stereocenters. The Hall–Kier alpha value is -2.23. The molecule has 2 aromatic carbocycles. The molecule has 0 spiro atoms. The lowest BCUT2D eigenvalue weighted by molar-refractivity contribution is -0.136. The number of halogens is 2. The minimum Gasteiger partial charge on any atom is -0.481 e. The summed E-state index contributed by atoms with van der Waals surface area (Å²) in [7, 11) is 0. The Morgan fingerprint density at radius 2 is 1.89 bits per heavy atom. The molecular weight excluding hydrogens is 238 g/mol. The number of hydrogen-bond acceptors (Lipinski definition) is 1. The summed E-state index contributed by atoms with van der Waals surface area (Å²) in [6.45, 7) is 0. The van der Waals surface area contributed by atoms with Crippen molar-refractivity contribution in [2.75, 3.05) is 0 Å². The average Bonchev–Trinajstić information content (AvgIpc) is 2.31. The Bertz CT molecular complexity index is 594. The highest BCUT2D eigenvalue weighted by atomic mass is 19.1. The molecular formula is C14H10F2O2. The maximum Gasteiger partial charge on any atom is 0.307 e. The number of aliphatic carboxylic acids is 1. The van der Waals surface area contributed by atoms with Crippen molar-refractivity contribution < 1.29 is 18.7 Å². The lowest BCUT2D eigenvalue weighted by Gasteiger charge is -2.06. The molecule has 0 heterocycles. The van der Waals surface area contributed by atoms with Gasteiger partial charge in [-0.3, -0.25) is 4.79 Å². The molecule has 0 aliphatic heterocycles. The molecule has 0 aliphatic rings. The van der Waals surface area contributed by atoms with Crippen molar-refractivity contribution in [3.63, 3.8) is 0 Å². The largest absolute Gasteiger partial charge is 0.481 e. The second kappa shape index (κ2) is 4.96. The number of carboxylic acids is 1. The van der Waals surface area contributed by atoms with E-state index in [0.717, 1.165) is 0 Å². The van der Waals surface area contributed by atoms with Crippen molar-refractivity contribution in [2.24, 2.45) is 0 Å². The zero-order chi connectivity index (χ0) is 13.1. The van der Waals surface area contributed by atoms with E-state index in [2.05, 4.69) is 0 Å². The first-order valence-electron chi connectivity index (χ1n) is 5.32. The molecule has 0 amide bonds. The van der Waals surface area contributed by atoms with Gasteiger partial charge in [0.1, 0.15) is 11.6 Å². The summed E-state index contributed by atoms with van der Waals surface area (Å²) in [5.74, 6) is -1.96. The lowest BCUT2D eigenvalue weighted by Crippen LogP contribution is -2.00. The van der Waals surface area contributed by atoms with Crippen LogP contribution >= 0.6 is 0 Å². The molecule has 0 fully saturated rings. The standard InChI is InChI=1S/C14H10F2O2/c15-11-3-1-2-10(8-11)12-6-9(7-14(17)18)4-5-13(12)16/h1-6,8H,7H2,(H,17,18). The number of benzene rings is 2. The van der Waals surface area contributed by atoms with Gasteiger partial charge in [0.25, 0.3) is 0 Å². The van der Waals surface area contributed by atoms with Crippen molar-refractivity contribution in [2.45, 2.75) is 6.42 Å². The van der Waals surface area contributed by atoms with E-state index >= 15 is 0 Å². The van der Waals surface area contributed by atoms with Gasteiger partial charge in [-0.15, -0.1) is 0 Å². The van der Waals surface area contributed by atoms with Gasteiger partial charge in [-0.2, -0.15) is 0 Å². The average molecular weight is 248 g/mol. The molecule has 18 heavy (non-hydrogen) atoms. The fourth-order valence-corrected chi connectivity index (χ4v) is 1.73. The fraction of sp³-hybridized carbons (Fsp3) is 0.0714. The van der Waals surface area contributed by atoms with Gasteiger partial charge < -0.3 is 5.11 Å². The summed E-state index contributed by atoms with van der Waals surface area (Å²) < 4.78 is 26.7. The monoisotopic (exact) mass is 248 g/mol. The van der Waals surface area contributed by atoms with Crippen LogP contribution in [0.4, 0.5) is 8.78 Å².